The van der Waals surface area contributed by atoms with E-state index in [4.69, 9.17) is 10.8 Å². The minimum atomic E-state index is -1.73. The molecule has 0 radical (unpaired) electrons. The molecule has 4 N–H and O–H groups in total. The van der Waals surface area contributed by atoms with Gasteiger partial charge >= 0.3 is 6.16 Å². The number of rotatable bonds is 6. The van der Waals surface area contributed by atoms with Crippen LogP contribution in [-0.2, 0) is 0 Å². The first-order valence-electron chi connectivity index (χ1n) is 11.0. The highest BCUT2D eigenvalue weighted by Gasteiger charge is 2.42. The van der Waals surface area contributed by atoms with Gasteiger partial charge in [0.15, 0.2) is 11.6 Å². The molecular formula is C22H25F3N4O4. The van der Waals surface area contributed by atoms with Crippen molar-refractivity contribution in [2.45, 2.75) is 50.6 Å². The highest BCUT2D eigenvalue weighted by atomic mass is 19.1. The Morgan fingerprint density at radius 3 is 2.61 bits per heavy atom. The Morgan fingerprint density at radius 2 is 2.00 bits per heavy atom. The van der Waals surface area contributed by atoms with Gasteiger partial charge in [-0.1, -0.05) is 0 Å². The summed E-state index contributed by atoms with van der Waals surface area (Å²) in [6.45, 7) is 2.30. The molecule has 0 unspecified atom stereocenters. The number of carboxylic acid groups (broad SMARTS) is 1. The molecule has 1 aromatic carbocycles. The molecule has 1 aliphatic heterocycles. The lowest BCUT2D eigenvalue weighted by atomic mass is 10.0. The van der Waals surface area contributed by atoms with E-state index in [1.54, 1.807) is 11.8 Å². The molecule has 2 aliphatic carbocycles. The van der Waals surface area contributed by atoms with Crippen LogP contribution in [0, 0.1) is 18.7 Å². The van der Waals surface area contributed by atoms with Crippen LogP contribution in [0.2, 0.25) is 0 Å². The van der Waals surface area contributed by atoms with Gasteiger partial charge in [0.05, 0.1) is 34.5 Å². The van der Waals surface area contributed by atoms with Crippen molar-refractivity contribution < 1.29 is 27.8 Å². The van der Waals surface area contributed by atoms with E-state index in [0.717, 1.165) is 19.0 Å². The number of benzene rings is 1. The second-order valence-electron chi connectivity index (χ2n) is 9.21. The summed E-state index contributed by atoms with van der Waals surface area (Å²) in [6.07, 6.45) is -0.672. The maximum atomic E-state index is 15.5. The minimum absolute atomic E-state index is 0.0284. The summed E-state index contributed by atoms with van der Waals surface area (Å²) in [6, 6.07) is -0.242. The number of nitrogen functional groups attached to an aromatic ring is 1. The Bertz CT molecular complexity index is 1200. The maximum absolute atomic E-state index is 15.5. The third-order valence-electron chi connectivity index (χ3n) is 6.79. The monoisotopic (exact) mass is 466 g/mol. The lowest BCUT2D eigenvalue weighted by Crippen LogP contribution is -2.30. The Morgan fingerprint density at radius 1 is 1.30 bits per heavy atom. The number of nitrogens with zero attached hydrogens (tertiary/aromatic N) is 2. The van der Waals surface area contributed by atoms with Gasteiger partial charge in [-0.15, -0.1) is 0 Å². The first-order chi connectivity index (χ1) is 15.7. The Labute approximate surface area is 187 Å². The Hall–Kier alpha value is -2.95. The second-order valence-corrected chi connectivity index (χ2v) is 9.21. The normalized spacial score (nSPS) is 26.7. The number of pyridine rings is 1. The van der Waals surface area contributed by atoms with Crippen molar-refractivity contribution in [3.8, 4) is 5.75 Å². The van der Waals surface area contributed by atoms with Crippen molar-refractivity contribution in [3.05, 3.63) is 27.8 Å². The van der Waals surface area contributed by atoms with Crippen LogP contribution < -0.4 is 26.1 Å². The van der Waals surface area contributed by atoms with Crippen molar-refractivity contribution in [1.82, 2.24) is 9.88 Å². The summed E-state index contributed by atoms with van der Waals surface area (Å²) in [5.74, 6) is -1.79. The summed E-state index contributed by atoms with van der Waals surface area (Å²) in [4.78, 5) is 25.5. The molecule has 2 heterocycles. The highest BCUT2D eigenvalue weighted by Crippen LogP contribution is 2.45. The minimum Gasteiger partial charge on any atom is -0.449 e. The lowest BCUT2D eigenvalue weighted by Gasteiger charge is -2.25. The molecule has 2 saturated carbocycles. The van der Waals surface area contributed by atoms with Crippen LogP contribution in [0.15, 0.2) is 11.0 Å². The number of alkyl halides is 2. The van der Waals surface area contributed by atoms with Crippen LogP contribution in [0.1, 0.15) is 30.9 Å². The van der Waals surface area contributed by atoms with Gasteiger partial charge in [-0.05, 0) is 25.3 Å². The molecule has 11 heteroatoms. The van der Waals surface area contributed by atoms with Gasteiger partial charge in [0.25, 0.3) is 0 Å². The van der Waals surface area contributed by atoms with Crippen LogP contribution in [-0.4, -0.2) is 53.8 Å². The SMILES string of the molecule is Cc1c(N2C[C@H](CNC3CC3)[C@H](F)C2)c(F)c(N)c2c(=O)c(OC(=O)O)cn([C@@H]3C[C@@H]3F)c12. The standard InChI is InChI=1S/C22H25F3N4O4/c1-9-19-16(21(30)15(33-22(31)32)8-29(19)14-4-12(14)23)18(26)17(25)20(9)28-6-10(13(24)7-28)5-27-11-2-3-11/h8,10-14,27H,2-7,26H2,1H3,(H,31,32)/t10-,12-,13+,14+/m0/s1. The molecule has 8 nitrogen and oxygen atoms in total. The van der Waals surface area contributed by atoms with Gasteiger partial charge in [-0.25, -0.2) is 18.0 Å². The molecule has 5 rings (SSSR count). The Kier molecular flexibility index (Phi) is 5.19. The molecule has 0 bridgehead atoms. The van der Waals surface area contributed by atoms with E-state index >= 15 is 4.39 Å². The smallest absolute Gasteiger partial charge is 0.449 e. The van der Waals surface area contributed by atoms with Crippen LogP contribution in [0.4, 0.5) is 29.3 Å². The predicted molar refractivity (Wildman–Crippen MR) is 116 cm³/mol. The number of fused-ring (bicyclic) bond motifs is 1. The fourth-order valence-corrected chi connectivity index (χ4v) is 4.81. The van der Waals surface area contributed by atoms with Crippen molar-refractivity contribution in [3.63, 3.8) is 0 Å². The molecule has 1 aromatic heterocycles. The zero-order valence-electron chi connectivity index (χ0n) is 18.0. The molecule has 4 atom stereocenters. The van der Waals surface area contributed by atoms with E-state index in [0.29, 0.717) is 18.2 Å². The number of anilines is 2. The summed E-state index contributed by atoms with van der Waals surface area (Å²) in [7, 11) is 0. The molecule has 178 valence electrons. The summed E-state index contributed by atoms with van der Waals surface area (Å²) in [5.41, 5.74) is 5.24. The number of ether oxygens (including phenoxy) is 1. The maximum Gasteiger partial charge on any atom is 0.511 e. The fraction of sp³-hybridized carbons (Fsp3) is 0.545. The summed E-state index contributed by atoms with van der Waals surface area (Å²) in [5, 5.41) is 12.0. The van der Waals surface area contributed by atoms with Gasteiger partial charge < -0.3 is 30.4 Å². The molecule has 3 aliphatic rings. The molecule has 33 heavy (non-hydrogen) atoms. The quantitative estimate of drug-likeness (QED) is 0.444. The number of halogens is 3. The van der Waals surface area contributed by atoms with E-state index in [1.165, 1.54) is 4.57 Å². The third kappa shape index (κ3) is 3.77. The van der Waals surface area contributed by atoms with Gasteiger partial charge in [0.2, 0.25) is 5.43 Å². The Balaban J connectivity index is 1.62. The van der Waals surface area contributed by atoms with Gasteiger partial charge in [0, 0.05) is 38.0 Å². The first kappa shape index (κ1) is 21.9. The van der Waals surface area contributed by atoms with E-state index in [-0.39, 0.29) is 42.0 Å². The van der Waals surface area contributed by atoms with Gasteiger partial charge in [0.1, 0.15) is 12.3 Å². The molecule has 0 amide bonds. The average molecular weight is 466 g/mol. The van der Waals surface area contributed by atoms with Gasteiger partial charge in [-0.3, -0.25) is 4.79 Å². The van der Waals surface area contributed by atoms with E-state index in [2.05, 4.69) is 10.1 Å². The van der Waals surface area contributed by atoms with Crippen LogP contribution in [0.25, 0.3) is 10.9 Å². The van der Waals surface area contributed by atoms with Crippen LogP contribution in [0.3, 0.4) is 0 Å². The van der Waals surface area contributed by atoms with E-state index in [9.17, 15) is 18.4 Å². The zero-order chi connectivity index (χ0) is 23.6. The fourth-order valence-electron chi connectivity index (χ4n) is 4.81. The molecule has 0 spiro atoms. The lowest BCUT2D eigenvalue weighted by molar-refractivity contribution is 0.143. The number of nitrogens with one attached hydrogen (secondary N) is 1. The van der Waals surface area contributed by atoms with Crippen LogP contribution in [0.5, 0.6) is 5.75 Å². The van der Waals surface area contributed by atoms with E-state index in [1.807, 2.05) is 0 Å². The molecular weight excluding hydrogens is 441 g/mol. The average Bonchev–Trinajstić information content (AvgIpc) is 3.67. The number of nitrogens with two attached hydrogens (primary N) is 1. The van der Waals surface area contributed by atoms with Crippen molar-refractivity contribution >= 4 is 28.4 Å². The van der Waals surface area contributed by atoms with Gasteiger partial charge in [-0.2, -0.15) is 0 Å². The van der Waals surface area contributed by atoms with E-state index < -0.39 is 47.2 Å². The summed E-state index contributed by atoms with van der Waals surface area (Å²) < 4.78 is 50.3. The molecule has 2 aromatic rings. The topological polar surface area (TPSA) is 110 Å². The third-order valence-corrected chi connectivity index (χ3v) is 6.79. The molecule has 1 saturated heterocycles. The second kappa shape index (κ2) is 7.82. The number of hydrogen-bond acceptors (Lipinski definition) is 6. The highest BCUT2D eigenvalue weighted by molar-refractivity contribution is 5.98. The molecule has 3 fully saturated rings. The number of hydrogen-bond donors (Lipinski definition) is 3. The van der Waals surface area contributed by atoms with Crippen molar-refractivity contribution in [2.75, 3.05) is 30.3 Å². The zero-order valence-corrected chi connectivity index (χ0v) is 18.0. The first-order valence-corrected chi connectivity index (χ1v) is 11.0. The number of aromatic nitrogens is 1. The summed E-state index contributed by atoms with van der Waals surface area (Å²) >= 11 is 0. The van der Waals surface area contributed by atoms with Crippen molar-refractivity contribution in [1.29, 1.82) is 0 Å². The predicted octanol–water partition coefficient (Wildman–Crippen LogP) is 2.90. The van der Waals surface area contributed by atoms with Crippen molar-refractivity contribution in [2.24, 2.45) is 5.92 Å². The number of aryl methyl sites for hydroxylation is 1. The van der Waals surface area contributed by atoms with Crippen LogP contribution >= 0.6 is 0 Å². The number of carbonyl (C=O) groups is 1. The largest absolute Gasteiger partial charge is 0.511 e.